The van der Waals surface area contributed by atoms with Gasteiger partial charge in [0, 0.05) is 0 Å². The number of alkyl halides is 3. The van der Waals surface area contributed by atoms with E-state index in [1.807, 2.05) is 0 Å². The fourth-order valence-electron chi connectivity index (χ4n) is 3.13. The van der Waals surface area contributed by atoms with Crippen molar-refractivity contribution in [2.45, 2.75) is 12.8 Å². The second-order valence-corrected chi connectivity index (χ2v) is 7.03. The first-order valence-electron chi connectivity index (χ1n) is 9.62. The molecule has 8 heteroatoms. The van der Waals surface area contributed by atoms with Crippen LogP contribution in [0.4, 0.5) is 18.9 Å². The fraction of sp³-hybridized carbons (Fsp3) is 0.0833. The Morgan fingerprint density at radius 2 is 1.62 bits per heavy atom. The van der Waals surface area contributed by atoms with Crippen LogP contribution in [0.5, 0.6) is 5.75 Å². The highest BCUT2D eigenvalue weighted by atomic mass is 19.4. The molecule has 0 aliphatic carbocycles. The molecular formula is C24H17F3N2O3. The summed E-state index contributed by atoms with van der Waals surface area (Å²) in [5, 5.41) is 1.18. The molecule has 1 saturated heterocycles. The molecule has 5 nitrogen and oxygen atoms in total. The highest BCUT2D eigenvalue weighted by molar-refractivity contribution is 6.31. The van der Waals surface area contributed by atoms with Gasteiger partial charge in [0.25, 0.3) is 11.8 Å². The maximum atomic E-state index is 12.7. The SMILES string of the molecule is O=C1NN(c2ccccc2)C(=O)/C1=C/c1cccc(OCc2ccc(C(F)(F)F)cc2)c1. The van der Waals surface area contributed by atoms with Crippen molar-refractivity contribution in [2.24, 2.45) is 0 Å². The Hall–Kier alpha value is -4.07. The van der Waals surface area contributed by atoms with Gasteiger partial charge in [0.15, 0.2) is 0 Å². The Morgan fingerprint density at radius 3 is 2.31 bits per heavy atom. The van der Waals surface area contributed by atoms with Gasteiger partial charge < -0.3 is 4.74 Å². The standard InChI is InChI=1S/C24H17F3N2O3/c25-24(26,27)18-11-9-16(10-12-18)15-32-20-8-4-5-17(13-20)14-21-22(30)28-29(23(21)31)19-6-2-1-3-7-19/h1-14H,15H2,(H,28,30)/b21-14+. The third kappa shape index (κ3) is 4.64. The van der Waals surface area contributed by atoms with E-state index in [9.17, 15) is 22.8 Å². The molecule has 0 atom stereocenters. The summed E-state index contributed by atoms with van der Waals surface area (Å²) in [6.07, 6.45) is -2.92. The van der Waals surface area contributed by atoms with Crippen LogP contribution in [0.1, 0.15) is 16.7 Å². The fourth-order valence-corrected chi connectivity index (χ4v) is 3.13. The number of hydrazine groups is 1. The number of hydrogen-bond acceptors (Lipinski definition) is 3. The number of carbonyl (C=O) groups excluding carboxylic acids is 2. The summed E-state index contributed by atoms with van der Waals surface area (Å²) in [6.45, 7) is 0.0688. The van der Waals surface area contributed by atoms with Gasteiger partial charge in [0.2, 0.25) is 0 Å². The Labute approximate surface area is 181 Å². The summed E-state index contributed by atoms with van der Waals surface area (Å²) in [5.74, 6) is -0.544. The molecule has 3 aromatic carbocycles. The van der Waals surface area contributed by atoms with Crippen molar-refractivity contribution < 1.29 is 27.5 Å². The van der Waals surface area contributed by atoms with E-state index >= 15 is 0 Å². The molecular weight excluding hydrogens is 421 g/mol. The van der Waals surface area contributed by atoms with Gasteiger partial charge in [0.05, 0.1) is 11.3 Å². The molecule has 1 aliphatic heterocycles. The van der Waals surface area contributed by atoms with Crippen LogP contribution < -0.4 is 15.2 Å². The molecule has 1 fully saturated rings. The Morgan fingerprint density at radius 1 is 0.906 bits per heavy atom. The zero-order chi connectivity index (χ0) is 22.7. The van der Waals surface area contributed by atoms with Gasteiger partial charge in [-0.3, -0.25) is 15.0 Å². The molecule has 3 aromatic rings. The van der Waals surface area contributed by atoms with Gasteiger partial charge in [-0.05, 0) is 53.6 Å². The molecule has 0 unspecified atom stereocenters. The summed E-state index contributed by atoms with van der Waals surface area (Å²) in [5.41, 5.74) is 3.48. The first-order valence-corrected chi connectivity index (χ1v) is 9.62. The summed E-state index contributed by atoms with van der Waals surface area (Å²) in [6, 6.07) is 20.2. The van der Waals surface area contributed by atoms with Gasteiger partial charge in [-0.25, -0.2) is 5.01 Å². The van der Waals surface area contributed by atoms with E-state index in [0.29, 0.717) is 22.6 Å². The first kappa shape index (κ1) is 21.2. The van der Waals surface area contributed by atoms with Crippen LogP contribution in [0.3, 0.4) is 0 Å². The number of nitrogens with zero attached hydrogens (tertiary/aromatic N) is 1. The molecule has 1 N–H and O–H groups in total. The lowest BCUT2D eigenvalue weighted by Gasteiger charge is -2.13. The lowest BCUT2D eigenvalue weighted by molar-refractivity contribution is -0.137. The predicted octanol–water partition coefficient (Wildman–Crippen LogP) is 4.75. The van der Waals surface area contributed by atoms with Crippen LogP contribution in [0.15, 0.2) is 84.4 Å². The molecule has 1 heterocycles. The van der Waals surface area contributed by atoms with Crippen molar-refractivity contribution in [3.63, 3.8) is 0 Å². The van der Waals surface area contributed by atoms with Crippen LogP contribution in [0, 0.1) is 0 Å². The van der Waals surface area contributed by atoms with Crippen molar-refractivity contribution in [3.8, 4) is 5.75 Å². The first-order chi connectivity index (χ1) is 15.3. The minimum absolute atomic E-state index is 0.0197. The van der Waals surface area contributed by atoms with Crippen LogP contribution in [-0.4, -0.2) is 11.8 Å². The third-order valence-corrected chi connectivity index (χ3v) is 4.76. The number of hydrogen-bond donors (Lipinski definition) is 1. The molecule has 162 valence electrons. The maximum absolute atomic E-state index is 12.7. The number of halogens is 3. The van der Waals surface area contributed by atoms with E-state index in [0.717, 1.165) is 12.1 Å². The van der Waals surface area contributed by atoms with Crippen molar-refractivity contribution in [1.82, 2.24) is 5.43 Å². The lowest BCUT2D eigenvalue weighted by Crippen LogP contribution is -2.35. The van der Waals surface area contributed by atoms with Crippen molar-refractivity contribution >= 4 is 23.6 Å². The third-order valence-electron chi connectivity index (χ3n) is 4.76. The summed E-state index contributed by atoms with van der Waals surface area (Å²) >= 11 is 0. The average molecular weight is 438 g/mol. The van der Waals surface area contributed by atoms with Crippen LogP contribution in [-0.2, 0) is 22.4 Å². The van der Waals surface area contributed by atoms with E-state index in [4.69, 9.17) is 4.74 Å². The van der Waals surface area contributed by atoms with Gasteiger partial charge in [-0.1, -0.05) is 42.5 Å². The second-order valence-electron chi connectivity index (χ2n) is 7.03. The van der Waals surface area contributed by atoms with Gasteiger partial charge in [-0.2, -0.15) is 13.2 Å². The number of nitrogens with one attached hydrogen (secondary N) is 1. The minimum Gasteiger partial charge on any atom is -0.489 e. The molecule has 0 spiro atoms. The molecule has 0 bridgehead atoms. The van der Waals surface area contributed by atoms with Crippen molar-refractivity contribution in [1.29, 1.82) is 0 Å². The lowest BCUT2D eigenvalue weighted by atomic mass is 10.1. The van der Waals surface area contributed by atoms with E-state index < -0.39 is 23.6 Å². The van der Waals surface area contributed by atoms with Gasteiger partial charge >= 0.3 is 6.18 Å². The van der Waals surface area contributed by atoms with E-state index in [1.165, 1.54) is 23.2 Å². The highest BCUT2D eigenvalue weighted by Crippen LogP contribution is 2.29. The molecule has 32 heavy (non-hydrogen) atoms. The molecule has 4 rings (SSSR count). The zero-order valence-electron chi connectivity index (χ0n) is 16.6. The topological polar surface area (TPSA) is 58.6 Å². The Kier molecular flexibility index (Phi) is 5.68. The number of amides is 2. The second kappa shape index (κ2) is 8.58. The number of anilines is 1. The van der Waals surface area contributed by atoms with Crippen LogP contribution >= 0.6 is 0 Å². The summed E-state index contributed by atoms with van der Waals surface area (Å²) in [4.78, 5) is 25.0. The molecule has 0 aromatic heterocycles. The van der Waals surface area contributed by atoms with Gasteiger partial charge in [-0.15, -0.1) is 0 Å². The Balaban J connectivity index is 1.46. The molecule has 2 amide bonds. The quantitative estimate of drug-likeness (QED) is 0.462. The number of benzene rings is 3. The average Bonchev–Trinajstić information content (AvgIpc) is 3.06. The van der Waals surface area contributed by atoms with Crippen molar-refractivity contribution in [2.75, 3.05) is 5.01 Å². The predicted molar refractivity (Wildman–Crippen MR) is 112 cm³/mol. The van der Waals surface area contributed by atoms with E-state index in [2.05, 4.69) is 5.43 Å². The number of para-hydroxylation sites is 1. The largest absolute Gasteiger partial charge is 0.489 e. The Bertz CT molecular complexity index is 1170. The normalized spacial score (nSPS) is 15.2. The number of rotatable bonds is 5. The number of ether oxygens (including phenoxy) is 1. The molecule has 0 saturated carbocycles. The minimum atomic E-state index is -4.39. The molecule has 1 aliphatic rings. The molecule has 0 radical (unpaired) electrons. The maximum Gasteiger partial charge on any atom is 0.416 e. The van der Waals surface area contributed by atoms with E-state index in [1.54, 1.807) is 54.6 Å². The van der Waals surface area contributed by atoms with E-state index in [-0.39, 0.29) is 12.2 Å². The number of carbonyl (C=O) groups is 2. The van der Waals surface area contributed by atoms with Gasteiger partial charge in [0.1, 0.15) is 17.9 Å². The summed E-state index contributed by atoms with van der Waals surface area (Å²) in [7, 11) is 0. The smallest absolute Gasteiger partial charge is 0.416 e. The van der Waals surface area contributed by atoms with Crippen LogP contribution in [0.2, 0.25) is 0 Å². The summed E-state index contributed by atoms with van der Waals surface area (Å²) < 4.78 is 43.7. The van der Waals surface area contributed by atoms with Crippen LogP contribution in [0.25, 0.3) is 6.08 Å². The van der Waals surface area contributed by atoms with Crippen molar-refractivity contribution in [3.05, 3.63) is 101 Å². The highest BCUT2D eigenvalue weighted by Gasteiger charge is 2.34. The zero-order valence-corrected chi connectivity index (χ0v) is 16.6. The monoisotopic (exact) mass is 438 g/mol.